The average Bonchev–Trinajstić information content (AvgIpc) is 3.00. The van der Waals surface area contributed by atoms with Crippen molar-refractivity contribution in [2.45, 2.75) is 19.5 Å². The minimum absolute atomic E-state index is 0. The third-order valence-electron chi connectivity index (χ3n) is 3.98. The van der Waals surface area contributed by atoms with E-state index in [1.165, 1.54) is 12.1 Å². The zero-order valence-corrected chi connectivity index (χ0v) is 16.0. The summed E-state index contributed by atoms with van der Waals surface area (Å²) in [6.07, 6.45) is 0. The molecule has 2 aromatic rings. The minimum Gasteiger partial charge on any atom is -0.329 e. The van der Waals surface area contributed by atoms with E-state index >= 15 is 0 Å². The minimum atomic E-state index is 0. The number of nitrogens with zero attached hydrogens (tertiary/aromatic N) is 2. The van der Waals surface area contributed by atoms with Gasteiger partial charge in [0.15, 0.2) is 0 Å². The van der Waals surface area contributed by atoms with Gasteiger partial charge in [-0.2, -0.15) is 30.3 Å². The summed E-state index contributed by atoms with van der Waals surface area (Å²) in [4.78, 5) is 0. The van der Waals surface area contributed by atoms with E-state index in [0.29, 0.717) is 6.04 Å². The fourth-order valence-corrected chi connectivity index (χ4v) is 2.36. The topological polar surface area (TPSA) is 0 Å². The second-order valence-corrected chi connectivity index (χ2v) is 7.50. The second kappa shape index (κ2) is 9.32. The summed E-state index contributed by atoms with van der Waals surface area (Å²) in [6, 6.07) is 19.4. The Labute approximate surface area is 147 Å². The van der Waals surface area contributed by atoms with E-state index in [9.17, 15) is 0 Å². The van der Waals surface area contributed by atoms with Crippen LogP contribution in [0.4, 0.5) is 0 Å². The molecule has 0 bridgehead atoms. The molecular weight excluding hydrogens is 312 g/mol. The van der Waals surface area contributed by atoms with E-state index in [1.807, 2.05) is 30.3 Å². The summed E-state index contributed by atoms with van der Waals surface area (Å²) in [7, 11) is 11.5. The van der Waals surface area contributed by atoms with E-state index in [0.717, 1.165) is 15.5 Å². The van der Waals surface area contributed by atoms with Gasteiger partial charge in [0.2, 0.25) is 0 Å². The molecule has 0 fully saturated rings. The van der Waals surface area contributed by atoms with Crippen molar-refractivity contribution in [3.63, 3.8) is 0 Å². The summed E-state index contributed by atoms with van der Waals surface area (Å²) in [5, 5.41) is 0. The van der Waals surface area contributed by atoms with Crippen molar-refractivity contribution in [1.29, 1.82) is 0 Å². The van der Waals surface area contributed by atoms with Crippen LogP contribution in [-0.2, 0) is 23.6 Å². The first-order chi connectivity index (χ1) is 9.71. The van der Waals surface area contributed by atoms with Gasteiger partial charge in [-0.1, -0.05) is 0 Å². The van der Waals surface area contributed by atoms with Crippen LogP contribution >= 0.6 is 0 Å². The molecule has 0 aliphatic rings. The van der Waals surface area contributed by atoms with Crippen LogP contribution in [0.5, 0.6) is 0 Å². The molecule has 2 aromatic carbocycles. The maximum atomic E-state index is 2.34. The van der Waals surface area contributed by atoms with Crippen molar-refractivity contribution in [3.8, 4) is 0 Å². The van der Waals surface area contributed by atoms with E-state index in [4.69, 9.17) is 0 Å². The number of rotatable bonds is 5. The van der Waals surface area contributed by atoms with Crippen LogP contribution in [0.1, 0.15) is 12.5 Å². The van der Waals surface area contributed by atoms with Gasteiger partial charge < -0.3 is 8.97 Å². The summed E-state index contributed by atoms with van der Waals surface area (Å²) < 4.78 is 2.09. The first-order valence-electron chi connectivity index (χ1n) is 7.71. The molecule has 0 saturated heterocycles. The molecule has 124 valence electrons. The molecule has 0 heterocycles. The van der Waals surface area contributed by atoms with Crippen molar-refractivity contribution in [2.24, 2.45) is 0 Å². The molecule has 0 saturated carbocycles. The summed E-state index contributed by atoms with van der Waals surface area (Å²) >= 11 is 0. The van der Waals surface area contributed by atoms with Crippen LogP contribution in [0.2, 0.25) is 0 Å². The summed E-state index contributed by atoms with van der Waals surface area (Å²) in [5.74, 6) is 0. The van der Waals surface area contributed by atoms with Gasteiger partial charge in [0.25, 0.3) is 0 Å². The Bertz CT molecular complexity index is 447. The van der Waals surface area contributed by atoms with E-state index in [-0.39, 0.29) is 17.1 Å². The van der Waals surface area contributed by atoms with Crippen LogP contribution in [0.15, 0.2) is 54.6 Å². The largest absolute Gasteiger partial charge is 2.00 e. The molecule has 2 rings (SSSR count). The van der Waals surface area contributed by atoms with Crippen LogP contribution in [0.3, 0.4) is 0 Å². The zero-order chi connectivity index (χ0) is 15.9. The van der Waals surface area contributed by atoms with E-state index in [1.54, 1.807) is 0 Å². The normalized spacial score (nSPS) is 12.8. The van der Waals surface area contributed by atoms with Crippen molar-refractivity contribution >= 4 is 0 Å². The molecule has 0 aliphatic carbocycles. The molecule has 0 aliphatic heterocycles. The first kappa shape index (κ1) is 21.1. The fourth-order valence-electron chi connectivity index (χ4n) is 2.36. The molecule has 2 nitrogen and oxygen atoms in total. The van der Waals surface area contributed by atoms with Gasteiger partial charge in [-0.25, -0.2) is 24.3 Å². The van der Waals surface area contributed by atoms with Gasteiger partial charge in [-0.3, -0.25) is 0 Å². The van der Waals surface area contributed by atoms with Crippen molar-refractivity contribution in [3.05, 3.63) is 60.2 Å². The standard InChI is InChI=1S/C14H27N2.C5H5.Fe/c1-13(15(2,3)4)11-16(5,6)12-14-9-7-8-10-14;1-2-4-5-3-1;/h7-10,13H,11-12H2,1-6H3;1-5H;/q+1;-1;+2. The Balaban J connectivity index is 0.000000622. The Morgan fingerprint density at radius 3 is 1.77 bits per heavy atom. The molecular formula is C19H32FeN2+2. The molecule has 22 heavy (non-hydrogen) atoms. The maximum absolute atomic E-state index is 2.34. The van der Waals surface area contributed by atoms with Gasteiger partial charge in [0.05, 0.1) is 41.8 Å². The predicted molar refractivity (Wildman–Crippen MR) is 92.2 cm³/mol. The Morgan fingerprint density at radius 2 is 1.41 bits per heavy atom. The Morgan fingerprint density at radius 1 is 0.909 bits per heavy atom. The first-order valence-corrected chi connectivity index (χ1v) is 7.71. The van der Waals surface area contributed by atoms with Crippen LogP contribution in [-0.4, -0.2) is 56.8 Å². The molecule has 0 N–H and O–H groups in total. The fraction of sp³-hybridized carbons (Fsp3) is 0.474. The molecule has 3 heteroatoms. The van der Waals surface area contributed by atoms with Crippen molar-refractivity contribution < 1.29 is 26.0 Å². The van der Waals surface area contributed by atoms with E-state index in [2.05, 4.69) is 66.4 Å². The van der Waals surface area contributed by atoms with Crippen molar-refractivity contribution in [2.75, 3.05) is 41.8 Å². The molecule has 0 aromatic heterocycles. The number of hydrogen-bond donors (Lipinski definition) is 0. The smallest absolute Gasteiger partial charge is 0.329 e. The molecule has 0 spiro atoms. The van der Waals surface area contributed by atoms with Crippen LogP contribution in [0, 0.1) is 0 Å². The number of hydrogen-bond acceptors (Lipinski definition) is 0. The monoisotopic (exact) mass is 344 g/mol. The van der Waals surface area contributed by atoms with E-state index < -0.39 is 0 Å². The second-order valence-electron chi connectivity index (χ2n) is 7.50. The van der Waals surface area contributed by atoms with Gasteiger partial charge >= 0.3 is 17.1 Å². The van der Waals surface area contributed by atoms with Gasteiger partial charge in [0, 0.05) is 0 Å². The summed E-state index contributed by atoms with van der Waals surface area (Å²) in [6.45, 7) is 4.66. The van der Waals surface area contributed by atoms with Crippen LogP contribution in [0.25, 0.3) is 0 Å². The predicted octanol–water partition coefficient (Wildman–Crippen LogP) is 3.48. The summed E-state index contributed by atoms with van der Waals surface area (Å²) in [5.41, 5.74) is 1.44. The van der Waals surface area contributed by atoms with Gasteiger partial charge in [0.1, 0.15) is 12.6 Å². The Kier molecular flexibility index (Phi) is 8.95. The number of likely N-dealkylation sites (N-methyl/N-ethyl adjacent to an activating group) is 2. The molecule has 1 atom stereocenters. The molecule has 0 radical (unpaired) electrons. The molecule has 1 unspecified atom stereocenters. The van der Waals surface area contributed by atoms with Crippen molar-refractivity contribution in [1.82, 2.24) is 0 Å². The van der Waals surface area contributed by atoms with Crippen LogP contribution < -0.4 is 0 Å². The zero-order valence-electron chi connectivity index (χ0n) is 14.9. The number of quaternary nitrogens is 2. The van der Waals surface area contributed by atoms with Gasteiger partial charge in [-0.15, -0.1) is 5.56 Å². The third-order valence-corrected chi connectivity index (χ3v) is 3.98. The third kappa shape index (κ3) is 8.55. The SMILES string of the molecule is CC(C[N+](C)(C)C[c-]1cccc1)[N+](C)(C)C.[Fe+2].c1cc[cH-]c1. The van der Waals surface area contributed by atoms with Gasteiger partial charge in [-0.05, 0) is 6.92 Å². The quantitative estimate of drug-likeness (QED) is 0.443. The Hall–Kier alpha value is -0.861. The molecule has 0 amide bonds. The maximum Gasteiger partial charge on any atom is 2.00 e. The average molecular weight is 344 g/mol.